The van der Waals surface area contributed by atoms with Gasteiger partial charge in [-0.2, -0.15) is 0 Å². The van der Waals surface area contributed by atoms with E-state index in [1.165, 1.54) is 24.0 Å². The summed E-state index contributed by atoms with van der Waals surface area (Å²) in [4.78, 5) is 2.58. The van der Waals surface area contributed by atoms with Gasteiger partial charge >= 0.3 is 0 Å². The van der Waals surface area contributed by atoms with Crippen molar-refractivity contribution in [3.63, 3.8) is 0 Å². The number of fused-ring (bicyclic) bond motifs is 1. The average Bonchev–Trinajstić information content (AvgIpc) is 2.50. The number of ether oxygens (including phenoxy) is 1. The van der Waals surface area contributed by atoms with Crippen LogP contribution in [0.25, 0.3) is 0 Å². The maximum atomic E-state index is 6.05. The second kappa shape index (κ2) is 6.25. The van der Waals surface area contributed by atoms with Crippen molar-refractivity contribution in [2.75, 3.05) is 26.2 Å². The quantitative estimate of drug-likeness (QED) is 0.919. The molecule has 2 aliphatic heterocycles. The molecule has 0 spiro atoms. The van der Waals surface area contributed by atoms with Crippen LogP contribution in [0, 0.1) is 5.92 Å². The normalized spacial score (nSPS) is 31.0. The Bertz CT molecular complexity index is 448. The first kappa shape index (κ1) is 14.1. The van der Waals surface area contributed by atoms with Crippen LogP contribution in [0.5, 0.6) is 0 Å². The second-order valence-corrected chi connectivity index (χ2v) is 6.29. The third kappa shape index (κ3) is 2.90. The van der Waals surface area contributed by atoms with Gasteiger partial charge in [0.2, 0.25) is 0 Å². The molecule has 3 unspecified atom stereocenters. The zero-order chi connectivity index (χ0) is 13.9. The molecule has 1 saturated heterocycles. The molecular weight excluding hydrogens is 248 g/mol. The Balaban J connectivity index is 1.71. The Hall–Kier alpha value is -0.900. The van der Waals surface area contributed by atoms with Crippen LogP contribution in [0.15, 0.2) is 24.3 Å². The molecule has 0 aliphatic carbocycles. The summed E-state index contributed by atoms with van der Waals surface area (Å²) in [6.07, 6.45) is 3.82. The SMILES string of the molecule is CC1CCC(CN)CN1CC1OCCc2ccccc21. The van der Waals surface area contributed by atoms with E-state index in [0.29, 0.717) is 12.0 Å². The third-order valence-corrected chi connectivity index (χ3v) is 4.93. The standard InChI is InChI=1S/C17H26N2O/c1-13-6-7-14(10-18)11-19(13)12-17-16-5-3-2-4-15(16)8-9-20-17/h2-5,13-14,17H,6-12,18H2,1H3. The summed E-state index contributed by atoms with van der Waals surface area (Å²) in [5.74, 6) is 0.657. The minimum atomic E-state index is 0.235. The number of nitrogens with zero attached hydrogens (tertiary/aromatic N) is 1. The number of likely N-dealkylation sites (tertiary alicyclic amines) is 1. The van der Waals surface area contributed by atoms with Gasteiger partial charge in [-0.3, -0.25) is 4.90 Å². The Morgan fingerprint density at radius 3 is 3.00 bits per heavy atom. The highest BCUT2D eigenvalue weighted by Crippen LogP contribution is 2.30. The van der Waals surface area contributed by atoms with Crippen LogP contribution in [0.2, 0.25) is 0 Å². The van der Waals surface area contributed by atoms with Crippen LogP contribution in [0.4, 0.5) is 0 Å². The summed E-state index contributed by atoms with van der Waals surface area (Å²) >= 11 is 0. The van der Waals surface area contributed by atoms with Crippen molar-refractivity contribution < 1.29 is 4.74 Å². The van der Waals surface area contributed by atoms with Crippen molar-refractivity contribution in [2.24, 2.45) is 11.7 Å². The second-order valence-electron chi connectivity index (χ2n) is 6.29. The van der Waals surface area contributed by atoms with Gasteiger partial charge in [0.05, 0.1) is 12.7 Å². The molecule has 1 fully saturated rings. The summed E-state index contributed by atoms with van der Waals surface area (Å²) in [6, 6.07) is 9.38. The number of rotatable bonds is 3. The van der Waals surface area contributed by atoms with Crippen molar-refractivity contribution >= 4 is 0 Å². The first-order chi connectivity index (χ1) is 9.78. The van der Waals surface area contributed by atoms with Gasteiger partial charge in [0.25, 0.3) is 0 Å². The van der Waals surface area contributed by atoms with E-state index in [9.17, 15) is 0 Å². The molecule has 0 amide bonds. The lowest BCUT2D eigenvalue weighted by Crippen LogP contribution is -2.46. The summed E-state index contributed by atoms with van der Waals surface area (Å²) in [5.41, 5.74) is 8.71. The van der Waals surface area contributed by atoms with Gasteiger partial charge in [0, 0.05) is 19.1 Å². The number of piperidine rings is 1. The van der Waals surface area contributed by atoms with E-state index < -0.39 is 0 Å². The summed E-state index contributed by atoms with van der Waals surface area (Å²) in [5, 5.41) is 0. The fourth-order valence-electron chi connectivity index (χ4n) is 3.55. The molecule has 0 saturated carbocycles. The number of benzene rings is 1. The van der Waals surface area contributed by atoms with E-state index in [1.54, 1.807) is 0 Å². The maximum Gasteiger partial charge on any atom is 0.0954 e. The van der Waals surface area contributed by atoms with Crippen LogP contribution in [0.1, 0.15) is 37.0 Å². The van der Waals surface area contributed by atoms with Crippen LogP contribution < -0.4 is 5.73 Å². The van der Waals surface area contributed by atoms with Gasteiger partial charge in [-0.1, -0.05) is 24.3 Å². The molecule has 1 aromatic rings. The topological polar surface area (TPSA) is 38.5 Å². The number of hydrogen-bond donors (Lipinski definition) is 1. The number of hydrogen-bond acceptors (Lipinski definition) is 3. The molecule has 3 heteroatoms. The molecule has 0 radical (unpaired) electrons. The van der Waals surface area contributed by atoms with E-state index in [-0.39, 0.29) is 6.10 Å². The van der Waals surface area contributed by atoms with Gasteiger partial charge in [0.15, 0.2) is 0 Å². The Morgan fingerprint density at radius 1 is 1.30 bits per heavy atom. The van der Waals surface area contributed by atoms with Gasteiger partial charge in [0.1, 0.15) is 0 Å². The van der Waals surface area contributed by atoms with Crippen molar-refractivity contribution in [1.82, 2.24) is 4.90 Å². The van der Waals surface area contributed by atoms with Gasteiger partial charge in [-0.15, -0.1) is 0 Å². The molecular formula is C17H26N2O. The minimum absolute atomic E-state index is 0.235. The first-order valence-corrected chi connectivity index (χ1v) is 7.91. The third-order valence-electron chi connectivity index (χ3n) is 4.93. The van der Waals surface area contributed by atoms with E-state index in [4.69, 9.17) is 10.5 Å². The molecule has 3 atom stereocenters. The van der Waals surface area contributed by atoms with Crippen LogP contribution in [-0.2, 0) is 11.2 Å². The smallest absolute Gasteiger partial charge is 0.0954 e. The highest BCUT2D eigenvalue weighted by atomic mass is 16.5. The van der Waals surface area contributed by atoms with Crippen LogP contribution in [0.3, 0.4) is 0 Å². The highest BCUT2D eigenvalue weighted by molar-refractivity contribution is 5.31. The van der Waals surface area contributed by atoms with E-state index in [0.717, 1.165) is 32.7 Å². The molecule has 20 heavy (non-hydrogen) atoms. The predicted octanol–water partition coefficient (Wildman–Crippen LogP) is 2.36. The molecule has 3 rings (SSSR count). The average molecular weight is 274 g/mol. The van der Waals surface area contributed by atoms with E-state index in [1.807, 2.05) is 0 Å². The largest absolute Gasteiger partial charge is 0.372 e. The molecule has 1 aromatic carbocycles. The van der Waals surface area contributed by atoms with Crippen molar-refractivity contribution in [1.29, 1.82) is 0 Å². The summed E-state index contributed by atoms with van der Waals surface area (Å²) in [7, 11) is 0. The van der Waals surface area contributed by atoms with Crippen LogP contribution >= 0.6 is 0 Å². The lowest BCUT2D eigenvalue weighted by Gasteiger charge is -2.40. The zero-order valence-electron chi connectivity index (χ0n) is 12.4. The van der Waals surface area contributed by atoms with Crippen molar-refractivity contribution in [3.8, 4) is 0 Å². The summed E-state index contributed by atoms with van der Waals surface area (Å²) < 4.78 is 6.05. The van der Waals surface area contributed by atoms with E-state index in [2.05, 4.69) is 36.1 Å². The fourth-order valence-corrected chi connectivity index (χ4v) is 3.55. The van der Waals surface area contributed by atoms with E-state index >= 15 is 0 Å². The highest BCUT2D eigenvalue weighted by Gasteiger charge is 2.29. The Morgan fingerprint density at radius 2 is 2.15 bits per heavy atom. The molecule has 110 valence electrons. The molecule has 2 N–H and O–H groups in total. The maximum absolute atomic E-state index is 6.05. The van der Waals surface area contributed by atoms with Gasteiger partial charge in [-0.25, -0.2) is 0 Å². The lowest BCUT2D eigenvalue weighted by molar-refractivity contribution is -0.00580. The predicted molar refractivity (Wildman–Crippen MR) is 81.7 cm³/mol. The van der Waals surface area contributed by atoms with Crippen molar-refractivity contribution in [2.45, 2.75) is 38.3 Å². The molecule has 3 nitrogen and oxygen atoms in total. The van der Waals surface area contributed by atoms with Crippen molar-refractivity contribution in [3.05, 3.63) is 35.4 Å². The molecule has 0 aromatic heterocycles. The monoisotopic (exact) mass is 274 g/mol. The Labute approximate surface area is 122 Å². The summed E-state index contributed by atoms with van der Waals surface area (Å²) in [6.45, 7) is 6.13. The van der Waals surface area contributed by atoms with Gasteiger partial charge < -0.3 is 10.5 Å². The Kier molecular flexibility index (Phi) is 4.39. The molecule has 2 aliphatic rings. The first-order valence-electron chi connectivity index (χ1n) is 7.91. The molecule has 0 bridgehead atoms. The number of nitrogens with two attached hydrogens (primary N) is 1. The van der Waals surface area contributed by atoms with Crippen LogP contribution in [-0.4, -0.2) is 37.2 Å². The molecule has 2 heterocycles. The fraction of sp³-hybridized carbons (Fsp3) is 0.647. The minimum Gasteiger partial charge on any atom is -0.372 e. The van der Waals surface area contributed by atoms with Gasteiger partial charge in [-0.05, 0) is 49.8 Å². The zero-order valence-corrected chi connectivity index (χ0v) is 12.4. The lowest BCUT2D eigenvalue weighted by atomic mass is 9.91.